The van der Waals surface area contributed by atoms with Gasteiger partial charge >= 0.3 is 0 Å². The average Bonchev–Trinajstić information content (AvgIpc) is 3.60. The van der Waals surface area contributed by atoms with Gasteiger partial charge in [-0.05, 0) is 86.4 Å². The Morgan fingerprint density at radius 2 is 1.31 bits per heavy atom. The van der Waals surface area contributed by atoms with Crippen molar-refractivity contribution in [2.45, 2.75) is 118 Å². The van der Waals surface area contributed by atoms with Crippen molar-refractivity contribution in [3.8, 4) is 22.6 Å². The topological polar surface area (TPSA) is 425 Å². The minimum absolute atomic E-state index is 0.0291. The van der Waals surface area contributed by atoms with E-state index in [4.69, 9.17) is 20.9 Å². The lowest BCUT2D eigenvalue weighted by atomic mass is 9.96. The molecule has 7 amide bonds. The van der Waals surface area contributed by atoms with Crippen LogP contribution >= 0.6 is 0 Å². The number of carbonyl (C=O) groups excluding carboxylic acids is 7. The Labute approximate surface area is 485 Å². The zero-order valence-electron chi connectivity index (χ0n) is 46.8. The van der Waals surface area contributed by atoms with Gasteiger partial charge in [0.2, 0.25) is 35.4 Å². The molecule has 0 radical (unpaired) electrons. The molecular weight excluding hydrogens is 1100 g/mol. The van der Waals surface area contributed by atoms with Crippen molar-refractivity contribution in [2.24, 2.45) is 11.5 Å². The lowest BCUT2D eigenvalue weighted by molar-refractivity contribution is -0.149. The second-order valence-corrected chi connectivity index (χ2v) is 21.6. The van der Waals surface area contributed by atoms with Crippen LogP contribution in [-0.4, -0.2) is 260 Å². The Balaban J connectivity index is 1.20. The number of phenols is 1. The highest BCUT2D eigenvalue weighted by atomic mass is 16.5. The minimum atomic E-state index is -2.31. The predicted molar refractivity (Wildman–Crippen MR) is 299 cm³/mol. The van der Waals surface area contributed by atoms with Crippen LogP contribution in [0.3, 0.4) is 0 Å². The molecule has 3 aromatic carbocycles. The highest BCUT2D eigenvalue weighted by Gasteiger charge is 2.49. The molecule has 84 heavy (non-hydrogen) atoms. The summed E-state index contributed by atoms with van der Waals surface area (Å²) in [7, 11) is 2.09. The van der Waals surface area contributed by atoms with Crippen LogP contribution in [0.15, 0.2) is 72.8 Å². The van der Waals surface area contributed by atoms with Crippen molar-refractivity contribution in [2.75, 3.05) is 79.2 Å². The number of nitrogens with two attached hydrogens (primary N) is 2. The van der Waals surface area contributed by atoms with Gasteiger partial charge in [0.1, 0.15) is 72.7 Å². The zero-order chi connectivity index (χ0) is 60.9. The van der Waals surface area contributed by atoms with E-state index in [0.29, 0.717) is 17.9 Å². The fourth-order valence-electron chi connectivity index (χ4n) is 10.6. The highest BCUT2D eigenvalue weighted by molar-refractivity contribution is 6.00. The summed E-state index contributed by atoms with van der Waals surface area (Å²) in [5, 5.41) is 102. The Bertz CT molecular complexity index is 2720. The number of phenolic OH excluding ortho intramolecular Hbond substituents is 1. The van der Waals surface area contributed by atoms with E-state index < -0.39 is 146 Å². The molecule has 28 nitrogen and oxygen atoms in total. The number of aromatic hydroxyl groups is 1. The van der Waals surface area contributed by atoms with Crippen molar-refractivity contribution >= 4 is 41.4 Å². The van der Waals surface area contributed by atoms with Gasteiger partial charge in [-0.3, -0.25) is 38.5 Å². The number of hydrogen-bond acceptors (Lipinski definition) is 21. The molecule has 7 rings (SSSR count). The number of amides is 7. The van der Waals surface area contributed by atoms with Crippen LogP contribution in [0.2, 0.25) is 0 Å². The van der Waals surface area contributed by atoms with Gasteiger partial charge in [0, 0.05) is 70.8 Å². The number of ether oxygens (including phenoxy) is 2. The minimum Gasteiger partial charge on any atom is -0.508 e. The molecule has 460 valence electrons. The second-order valence-electron chi connectivity index (χ2n) is 21.6. The number of aliphatic hydroxyl groups is 7. The monoisotopic (exact) mass is 1180 g/mol. The van der Waals surface area contributed by atoms with Gasteiger partial charge in [0.15, 0.2) is 6.23 Å². The Morgan fingerprint density at radius 3 is 1.94 bits per heavy atom. The molecule has 28 heteroatoms. The third-order valence-corrected chi connectivity index (χ3v) is 15.5. The summed E-state index contributed by atoms with van der Waals surface area (Å²) < 4.78 is 11.8. The Kier molecular flexibility index (Phi) is 22.9. The van der Waals surface area contributed by atoms with Gasteiger partial charge < -0.3 is 103 Å². The third-order valence-electron chi connectivity index (χ3n) is 15.5. The van der Waals surface area contributed by atoms with E-state index in [1.165, 1.54) is 24.3 Å². The summed E-state index contributed by atoms with van der Waals surface area (Å²) in [5.41, 5.74) is 13.0. The lowest BCUT2D eigenvalue weighted by Gasteiger charge is -2.35. The molecule has 4 saturated heterocycles. The molecular formula is C56H79N11O17. The first-order chi connectivity index (χ1) is 40.1. The lowest BCUT2D eigenvalue weighted by Crippen LogP contribution is -2.64. The standard InChI is InChI=1S/C56H79N11O17/c1-30(68)43-55(81)67-29-36(70)27-39(67)51(78)62-45(48(75)47(74)33-7-11-35(69)12-8-33)52(79)61-44(40(71)15-17-57)56(82)66-19-16-41(72)46(66)53(80)63-54(84-25-18-58)42(73)28-38(50(77)60-43)59-49(76)34-5-3-31(4-6-34)32-9-13-37(14-10-32)83-26-24-65-22-20-64(2)21-23-65/h3-14,30,36,38-48,54,68-75H,15-29,57-58H2,1-2H3,(H,59,76)(H,60,77)(H,61,79)(H,62,78)(H,63,80). The largest absolute Gasteiger partial charge is 0.508 e. The van der Waals surface area contributed by atoms with E-state index in [1.54, 1.807) is 12.1 Å². The van der Waals surface area contributed by atoms with E-state index in [0.717, 1.165) is 67.1 Å². The molecule has 3 aromatic rings. The van der Waals surface area contributed by atoms with Crippen LogP contribution in [0, 0.1) is 0 Å². The van der Waals surface area contributed by atoms with Crippen LogP contribution in [0.25, 0.3) is 11.1 Å². The molecule has 14 atom stereocenters. The maximum atomic E-state index is 14.6. The first-order valence-electron chi connectivity index (χ1n) is 28.0. The SMILES string of the molecule is CC(O)C1NC(=O)C(NC(=O)c2ccc(-c3ccc(OCCN4CCN(C)CC4)cc3)cc2)CC(O)C(OCCN)NC(=O)C2C(O)CCN2C(=O)C(C(O)CCN)NC(=O)C(C(O)C(O)c2ccc(O)cc2)NC(=O)C2CC(O)CN2C1=O. The number of carbonyl (C=O) groups is 7. The highest BCUT2D eigenvalue weighted by Crippen LogP contribution is 2.28. The number of piperazine rings is 1. The summed E-state index contributed by atoms with van der Waals surface area (Å²) in [4.78, 5) is 108. The molecule has 0 aliphatic carbocycles. The smallest absolute Gasteiger partial charge is 0.251 e. The normalized spacial score (nSPS) is 27.9. The summed E-state index contributed by atoms with van der Waals surface area (Å²) in [6.07, 6.45) is -16.6. The summed E-state index contributed by atoms with van der Waals surface area (Å²) >= 11 is 0. The second kappa shape index (κ2) is 29.7. The molecule has 0 aromatic heterocycles. The van der Waals surface area contributed by atoms with E-state index >= 15 is 0 Å². The van der Waals surface area contributed by atoms with Crippen molar-refractivity contribution in [1.82, 2.24) is 46.2 Å². The quantitative estimate of drug-likeness (QED) is 0.0600. The molecule has 14 unspecified atom stereocenters. The van der Waals surface area contributed by atoms with Crippen LogP contribution in [-0.2, 0) is 33.5 Å². The molecule has 4 aliphatic rings. The Morgan fingerprint density at radius 1 is 0.690 bits per heavy atom. The fourth-order valence-corrected chi connectivity index (χ4v) is 10.6. The molecule has 4 fully saturated rings. The summed E-state index contributed by atoms with van der Waals surface area (Å²) in [5.74, 6) is -7.73. The van der Waals surface area contributed by atoms with Crippen LogP contribution in [0.4, 0.5) is 0 Å². The Hall–Kier alpha value is -6.93. The number of hydrogen-bond donors (Lipinski definition) is 15. The molecule has 17 N–H and O–H groups in total. The van der Waals surface area contributed by atoms with Crippen LogP contribution in [0.1, 0.15) is 54.6 Å². The fraction of sp³-hybridized carbons (Fsp3) is 0.554. The van der Waals surface area contributed by atoms with Gasteiger partial charge in [-0.15, -0.1) is 0 Å². The average molecular weight is 1180 g/mol. The van der Waals surface area contributed by atoms with Crippen molar-refractivity contribution in [3.63, 3.8) is 0 Å². The van der Waals surface area contributed by atoms with Gasteiger partial charge in [0.05, 0.1) is 31.0 Å². The van der Waals surface area contributed by atoms with Gasteiger partial charge in [-0.2, -0.15) is 0 Å². The first kappa shape index (κ1) is 64.6. The van der Waals surface area contributed by atoms with Crippen molar-refractivity contribution in [1.29, 1.82) is 0 Å². The number of nitrogens with one attached hydrogen (secondary N) is 5. The molecule has 0 bridgehead atoms. The van der Waals surface area contributed by atoms with Crippen LogP contribution < -0.4 is 42.8 Å². The van der Waals surface area contributed by atoms with Crippen LogP contribution in [0.5, 0.6) is 11.5 Å². The number of likely N-dealkylation sites (N-methyl/N-ethyl adjacent to an activating group) is 1. The van der Waals surface area contributed by atoms with Gasteiger partial charge in [0.25, 0.3) is 5.91 Å². The first-order valence-corrected chi connectivity index (χ1v) is 28.0. The number of fused-ring (bicyclic) bond motifs is 2. The predicted octanol–water partition coefficient (Wildman–Crippen LogP) is -5.47. The van der Waals surface area contributed by atoms with E-state index in [9.17, 15) is 74.4 Å². The van der Waals surface area contributed by atoms with Crippen molar-refractivity contribution < 1.29 is 83.9 Å². The number of nitrogens with zero attached hydrogens (tertiary/aromatic N) is 4. The number of rotatable bonds is 17. The third kappa shape index (κ3) is 16.3. The molecule has 4 heterocycles. The van der Waals surface area contributed by atoms with Gasteiger partial charge in [-0.1, -0.05) is 36.4 Å². The van der Waals surface area contributed by atoms with E-state index in [1.807, 2.05) is 24.3 Å². The molecule has 4 aliphatic heterocycles. The number of aliphatic hydroxyl groups excluding tert-OH is 7. The maximum Gasteiger partial charge on any atom is 0.251 e. The zero-order valence-corrected chi connectivity index (χ0v) is 46.8. The molecule has 0 spiro atoms. The van der Waals surface area contributed by atoms with E-state index in [-0.39, 0.29) is 56.0 Å². The number of benzene rings is 3. The van der Waals surface area contributed by atoms with Crippen molar-refractivity contribution in [3.05, 3.63) is 83.9 Å². The van der Waals surface area contributed by atoms with E-state index in [2.05, 4.69) is 43.4 Å². The summed E-state index contributed by atoms with van der Waals surface area (Å²) in [6, 6.07) is 6.75. The summed E-state index contributed by atoms with van der Waals surface area (Å²) in [6.45, 7) is 4.64. The molecule has 0 saturated carbocycles. The van der Waals surface area contributed by atoms with Gasteiger partial charge in [-0.25, -0.2) is 0 Å². The maximum absolute atomic E-state index is 14.6.